The smallest absolute Gasteiger partial charge is 0.341 e. The van der Waals surface area contributed by atoms with Gasteiger partial charge < -0.3 is 14.6 Å². The van der Waals surface area contributed by atoms with Crippen molar-refractivity contribution in [2.24, 2.45) is 0 Å². The Morgan fingerprint density at radius 3 is 2.90 bits per heavy atom. The predicted octanol–water partition coefficient (Wildman–Crippen LogP) is 3.82. The van der Waals surface area contributed by atoms with Crippen LogP contribution in [-0.2, 0) is 28.9 Å². The summed E-state index contributed by atoms with van der Waals surface area (Å²) >= 11 is 2.79. The van der Waals surface area contributed by atoms with E-state index in [0.717, 1.165) is 41.1 Å². The fraction of sp³-hybridized carbons (Fsp3) is 0.381. The summed E-state index contributed by atoms with van der Waals surface area (Å²) in [4.78, 5) is 30.4. The molecular formula is C21H23N5O3S2. The summed E-state index contributed by atoms with van der Waals surface area (Å²) in [5, 5.41) is 12.7. The number of thiophene rings is 1. The highest BCUT2D eigenvalue weighted by Gasteiger charge is 2.28. The number of carbonyl (C=O) groups is 2. The molecule has 0 aromatic carbocycles. The Labute approximate surface area is 188 Å². The van der Waals surface area contributed by atoms with E-state index in [1.165, 1.54) is 23.1 Å². The molecular weight excluding hydrogens is 434 g/mol. The minimum Gasteiger partial charge on any atom is -0.462 e. The van der Waals surface area contributed by atoms with Gasteiger partial charge in [-0.2, -0.15) is 0 Å². The molecule has 0 radical (unpaired) electrons. The molecule has 10 heteroatoms. The van der Waals surface area contributed by atoms with Crippen LogP contribution >= 0.6 is 23.1 Å². The lowest BCUT2D eigenvalue weighted by atomic mass is 10.1. The fourth-order valence-corrected chi connectivity index (χ4v) is 5.69. The molecule has 162 valence electrons. The molecule has 1 aliphatic carbocycles. The number of hydrogen-bond donors (Lipinski definition) is 1. The van der Waals surface area contributed by atoms with Crippen LogP contribution < -0.4 is 5.32 Å². The molecule has 0 saturated carbocycles. The van der Waals surface area contributed by atoms with Gasteiger partial charge in [0.2, 0.25) is 5.91 Å². The van der Waals surface area contributed by atoms with Gasteiger partial charge in [0.15, 0.2) is 11.0 Å². The number of anilines is 1. The molecule has 1 aliphatic rings. The third kappa shape index (κ3) is 4.49. The fourth-order valence-electron chi connectivity index (χ4n) is 3.59. The van der Waals surface area contributed by atoms with E-state index in [1.54, 1.807) is 19.3 Å². The van der Waals surface area contributed by atoms with Gasteiger partial charge in [0, 0.05) is 29.4 Å². The van der Waals surface area contributed by atoms with Crippen LogP contribution in [0.25, 0.3) is 11.4 Å². The van der Waals surface area contributed by atoms with Crippen molar-refractivity contribution in [3.05, 3.63) is 40.5 Å². The summed E-state index contributed by atoms with van der Waals surface area (Å²) in [5.41, 5.74) is 2.42. The van der Waals surface area contributed by atoms with Crippen LogP contribution in [0.3, 0.4) is 0 Å². The van der Waals surface area contributed by atoms with Crippen molar-refractivity contribution in [3.63, 3.8) is 0 Å². The number of nitrogens with zero attached hydrogens (tertiary/aromatic N) is 4. The van der Waals surface area contributed by atoms with E-state index in [0.29, 0.717) is 28.9 Å². The van der Waals surface area contributed by atoms with E-state index in [-0.39, 0.29) is 17.6 Å². The van der Waals surface area contributed by atoms with Crippen molar-refractivity contribution in [1.29, 1.82) is 0 Å². The maximum absolute atomic E-state index is 12.7. The molecule has 3 heterocycles. The first kappa shape index (κ1) is 21.5. The number of pyridine rings is 1. The lowest BCUT2D eigenvalue weighted by Crippen LogP contribution is -2.17. The Balaban J connectivity index is 1.46. The number of ether oxygens (including phenoxy) is 1. The van der Waals surface area contributed by atoms with E-state index in [1.807, 2.05) is 23.6 Å². The van der Waals surface area contributed by atoms with Gasteiger partial charge in [-0.25, -0.2) is 4.79 Å². The van der Waals surface area contributed by atoms with Gasteiger partial charge in [0.25, 0.3) is 0 Å². The Hall–Kier alpha value is -2.72. The molecule has 0 unspecified atom stereocenters. The highest BCUT2D eigenvalue weighted by Crippen LogP contribution is 2.39. The topological polar surface area (TPSA) is 99.0 Å². The second-order valence-corrected chi connectivity index (χ2v) is 8.96. The largest absolute Gasteiger partial charge is 0.462 e. The Morgan fingerprint density at radius 2 is 2.16 bits per heavy atom. The van der Waals surface area contributed by atoms with Crippen molar-refractivity contribution in [1.82, 2.24) is 19.7 Å². The zero-order chi connectivity index (χ0) is 21.8. The number of amides is 1. The van der Waals surface area contributed by atoms with Crippen LogP contribution in [-0.4, -0.2) is 44.0 Å². The number of thioether (sulfide) groups is 1. The van der Waals surface area contributed by atoms with E-state index in [2.05, 4.69) is 20.5 Å². The molecule has 4 rings (SSSR count). The normalized spacial score (nSPS) is 12.6. The first-order valence-corrected chi connectivity index (χ1v) is 12.0. The van der Waals surface area contributed by atoms with Gasteiger partial charge in [-0.05, 0) is 50.8 Å². The van der Waals surface area contributed by atoms with Gasteiger partial charge in [0.1, 0.15) is 5.00 Å². The van der Waals surface area contributed by atoms with Gasteiger partial charge in [-0.15, -0.1) is 21.5 Å². The Bertz CT molecular complexity index is 1090. The summed E-state index contributed by atoms with van der Waals surface area (Å²) in [6, 6.07) is 3.78. The van der Waals surface area contributed by atoms with Crippen molar-refractivity contribution < 1.29 is 14.3 Å². The van der Waals surface area contributed by atoms with E-state index >= 15 is 0 Å². The average Bonchev–Trinajstić information content (AvgIpc) is 3.47. The van der Waals surface area contributed by atoms with Crippen LogP contribution in [0.15, 0.2) is 29.7 Å². The quantitative estimate of drug-likeness (QED) is 0.405. The number of hydrogen-bond acceptors (Lipinski definition) is 8. The molecule has 0 atom stereocenters. The van der Waals surface area contributed by atoms with Gasteiger partial charge in [-0.1, -0.05) is 11.8 Å². The standard InChI is InChI=1S/C21H23N5O3S2/c1-3-26-18(13-7-6-10-22-11-13)24-25-21(26)30-12-16(27)23-19-17(20(28)29-4-2)14-8-5-9-15(14)31-19/h6-7,10-11H,3-5,8-9,12H2,1-2H3,(H,23,27). The maximum Gasteiger partial charge on any atom is 0.341 e. The third-order valence-electron chi connectivity index (χ3n) is 4.94. The first-order valence-electron chi connectivity index (χ1n) is 10.2. The van der Waals surface area contributed by atoms with E-state index in [4.69, 9.17) is 4.74 Å². The number of aryl methyl sites for hydroxylation is 1. The molecule has 8 nitrogen and oxygen atoms in total. The maximum atomic E-state index is 12.7. The molecule has 0 saturated heterocycles. The molecule has 0 aliphatic heterocycles. The van der Waals surface area contributed by atoms with Crippen LogP contribution in [0.2, 0.25) is 0 Å². The summed E-state index contributed by atoms with van der Waals surface area (Å²) in [5.74, 6) is 0.328. The van der Waals surface area contributed by atoms with E-state index in [9.17, 15) is 9.59 Å². The zero-order valence-electron chi connectivity index (χ0n) is 17.4. The molecule has 31 heavy (non-hydrogen) atoms. The lowest BCUT2D eigenvalue weighted by molar-refractivity contribution is -0.113. The number of nitrogens with one attached hydrogen (secondary N) is 1. The predicted molar refractivity (Wildman–Crippen MR) is 121 cm³/mol. The van der Waals surface area contributed by atoms with Crippen LogP contribution in [0.5, 0.6) is 0 Å². The van der Waals surface area contributed by atoms with E-state index < -0.39 is 0 Å². The second-order valence-electron chi connectivity index (χ2n) is 6.91. The van der Waals surface area contributed by atoms with Crippen molar-refractivity contribution in [2.45, 2.75) is 44.8 Å². The van der Waals surface area contributed by atoms with Gasteiger partial charge >= 0.3 is 5.97 Å². The summed E-state index contributed by atoms with van der Waals surface area (Å²) in [7, 11) is 0. The zero-order valence-corrected chi connectivity index (χ0v) is 19.0. The highest BCUT2D eigenvalue weighted by atomic mass is 32.2. The molecule has 0 bridgehead atoms. The SMILES string of the molecule is CCOC(=O)c1c(NC(=O)CSc2nnc(-c3cccnc3)n2CC)sc2c1CCC2. The third-order valence-corrected chi connectivity index (χ3v) is 7.11. The van der Waals surface area contributed by atoms with Crippen molar-refractivity contribution in [3.8, 4) is 11.4 Å². The van der Waals surface area contributed by atoms with Crippen LogP contribution in [0.4, 0.5) is 5.00 Å². The van der Waals surface area contributed by atoms with Gasteiger partial charge in [-0.3, -0.25) is 9.78 Å². The molecule has 1 N–H and O–H groups in total. The minimum absolute atomic E-state index is 0.163. The summed E-state index contributed by atoms with van der Waals surface area (Å²) in [6.45, 7) is 4.76. The minimum atomic E-state index is -0.364. The van der Waals surface area contributed by atoms with Gasteiger partial charge in [0.05, 0.1) is 17.9 Å². The summed E-state index contributed by atoms with van der Waals surface area (Å²) < 4.78 is 7.18. The molecule has 3 aromatic rings. The first-order chi connectivity index (χ1) is 15.1. The number of carbonyl (C=O) groups excluding carboxylic acids is 2. The molecule has 0 fully saturated rings. The number of rotatable bonds is 8. The molecule has 0 spiro atoms. The Kier molecular flexibility index (Phi) is 6.67. The van der Waals surface area contributed by atoms with Crippen LogP contribution in [0.1, 0.15) is 41.1 Å². The molecule has 1 amide bonds. The van der Waals surface area contributed by atoms with Crippen molar-refractivity contribution in [2.75, 3.05) is 17.7 Å². The number of fused-ring (bicyclic) bond motifs is 1. The number of aromatic nitrogens is 4. The van der Waals surface area contributed by atoms with Crippen molar-refractivity contribution >= 4 is 40.0 Å². The summed E-state index contributed by atoms with van der Waals surface area (Å²) in [6.07, 6.45) is 6.27. The highest BCUT2D eigenvalue weighted by molar-refractivity contribution is 7.99. The monoisotopic (exact) mass is 457 g/mol. The average molecular weight is 458 g/mol. The Morgan fingerprint density at radius 1 is 1.29 bits per heavy atom. The molecule has 3 aromatic heterocycles. The second kappa shape index (κ2) is 9.61. The number of esters is 1. The van der Waals surface area contributed by atoms with Crippen LogP contribution in [0, 0.1) is 0 Å². The lowest BCUT2D eigenvalue weighted by Gasteiger charge is -2.09.